The first-order valence-electron chi connectivity index (χ1n) is 5.96. The van der Waals surface area contributed by atoms with E-state index in [2.05, 4.69) is 47.1 Å². The van der Waals surface area contributed by atoms with Crippen LogP contribution in [-0.4, -0.2) is 0 Å². The van der Waals surface area contributed by atoms with Crippen LogP contribution in [-0.2, 0) is 0 Å². The van der Waals surface area contributed by atoms with Crippen molar-refractivity contribution in [3.63, 3.8) is 0 Å². The molecule has 0 aliphatic carbocycles. The number of hydrogen-bond acceptors (Lipinski definition) is 0. The van der Waals surface area contributed by atoms with Crippen LogP contribution in [0, 0.1) is 26.6 Å². The summed E-state index contributed by atoms with van der Waals surface area (Å²) in [7, 11) is 0. The van der Waals surface area contributed by atoms with Gasteiger partial charge in [0.05, 0.1) is 4.83 Å². The predicted molar refractivity (Wildman–Crippen MR) is 77.8 cm³/mol. The molecule has 2 rings (SSSR count). The van der Waals surface area contributed by atoms with E-state index in [1.54, 1.807) is 12.1 Å². The highest BCUT2D eigenvalue weighted by Crippen LogP contribution is 2.35. The molecular formula is C16H16BrF. The summed E-state index contributed by atoms with van der Waals surface area (Å²) in [5.74, 6) is -0.169. The highest BCUT2D eigenvalue weighted by atomic mass is 79.9. The Balaban J connectivity index is 2.46. The number of aryl methyl sites for hydroxylation is 3. The van der Waals surface area contributed by atoms with Gasteiger partial charge in [-0.3, -0.25) is 0 Å². The second kappa shape index (κ2) is 5.23. The van der Waals surface area contributed by atoms with Gasteiger partial charge in [-0.15, -0.1) is 0 Å². The lowest BCUT2D eigenvalue weighted by atomic mass is 9.95. The van der Waals surface area contributed by atoms with Gasteiger partial charge in [0.25, 0.3) is 0 Å². The van der Waals surface area contributed by atoms with Gasteiger partial charge in [0.2, 0.25) is 0 Å². The van der Waals surface area contributed by atoms with Crippen LogP contribution in [0.5, 0.6) is 0 Å². The van der Waals surface area contributed by atoms with Crippen molar-refractivity contribution >= 4 is 15.9 Å². The van der Waals surface area contributed by atoms with Gasteiger partial charge in [-0.05, 0) is 55.2 Å². The molecule has 0 spiro atoms. The van der Waals surface area contributed by atoms with Crippen LogP contribution in [0.15, 0.2) is 36.4 Å². The summed E-state index contributed by atoms with van der Waals surface area (Å²) in [6.45, 7) is 5.98. The second-order valence-corrected chi connectivity index (χ2v) is 5.64. The van der Waals surface area contributed by atoms with E-state index in [-0.39, 0.29) is 10.6 Å². The van der Waals surface area contributed by atoms with Crippen molar-refractivity contribution in [3.8, 4) is 0 Å². The maximum atomic E-state index is 13.3. The number of hydrogen-bond donors (Lipinski definition) is 0. The highest BCUT2D eigenvalue weighted by Gasteiger charge is 2.16. The largest absolute Gasteiger partial charge is 0.207 e. The molecule has 0 fully saturated rings. The van der Waals surface area contributed by atoms with Gasteiger partial charge >= 0.3 is 0 Å². The molecule has 0 amide bonds. The van der Waals surface area contributed by atoms with Crippen LogP contribution >= 0.6 is 15.9 Å². The summed E-state index contributed by atoms with van der Waals surface area (Å²) in [4.78, 5) is 0.110. The van der Waals surface area contributed by atoms with Crippen LogP contribution < -0.4 is 0 Å². The van der Waals surface area contributed by atoms with E-state index in [9.17, 15) is 4.39 Å². The van der Waals surface area contributed by atoms with E-state index in [4.69, 9.17) is 0 Å². The molecule has 1 unspecified atom stereocenters. The Kier molecular flexibility index (Phi) is 3.86. The first kappa shape index (κ1) is 13.3. The van der Waals surface area contributed by atoms with E-state index in [1.807, 2.05) is 13.8 Å². The van der Waals surface area contributed by atoms with Crippen molar-refractivity contribution in [3.05, 3.63) is 70.0 Å². The SMILES string of the molecule is Cc1ccc(C(Br)c2c(C)cc(F)cc2C)cc1. The fourth-order valence-electron chi connectivity index (χ4n) is 2.22. The minimum atomic E-state index is -0.169. The van der Waals surface area contributed by atoms with Crippen LogP contribution in [0.2, 0.25) is 0 Å². The first-order chi connectivity index (χ1) is 8.49. The maximum absolute atomic E-state index is 13.3. The van der Waals surface area contributed by atoms with E-state index in [0.717, 1.165) is 16.7 Å². The Hall–Kier alpha value is -1.15. The van der Waals surface area contributed by atoms with Gasteiger partial charge in [0.15, 0.2) is 0 Å². The minimum Gasteiger partial charge on any atom is -0.207 e. The minimum absolute atomic E-state index is 0.110. The molecule has 18 heavy (non-hydrogen) atoms. The number of halogens is 2. The van der Waals surface area contributed by atoms with Gasteiger partial charge in [-0.2, -0.15) is 0 Å². The molecule has 2 aromatic carbocycles. The van der Waals surface area contributed by atoms with E-state index < -0.39 is 0 Å². The smallest absolute Gasteiger partial charge is 0.123 e. The topological polar surface area (TPSA) is 0 Å². The fraction of sp³-hybridized carbons (Fsp3) is 0.250. The molecule has 0 radical (unpaired) electrons. The third kappa shape index (κ3) is 2.64. The zero-order chi connectivity index (χ0) is 13.3. The highest BCUT2D eigenvalue weighted by molar-refractivity contribution is 9.09. The van der Waals surface area contributed by atoms with Crippen molar-refractivity contribution in [1.82, 2.24) is 0 Å². The second-order valence-electron chi connectivity index (χ2n) is 4.73. The van der Waals surface area contributed by atoms with Gasteiger partial charge < -0.3 is 0 Å². The molecule has 0 aliphatic rings. The van der Waals surface area contributed by atoms with Gasteiger partial charge in [0.1, 0.15) is 5.82 Å². The summed E-state index contributed by atoms with van der Waals surface area (Å²) < 4.78 is 13.3. The molecule has 2 heteroatoms. The van der Waals surface area contributed by atoms with Gasteiger partial charge in [-0.1, -0.05) is 45.8 Å². The first-order valence-corrected chi connectivity index (χ1v) is 6.88. The Bertz CT molecular complexity index is 535. The lowest BCUT2D eigenvalue weighted by Gasteiger charge is -2.17. The summed E-state index contributed by atoms with van der Waals surface area (Å²) in [6.07, 6.45) is 0. The van der Waals surface area contributed by atoms with E-state index in [1.165, 1.54) is 11.1 Å². The summed E-state index contributed by atoms with van der Waals surface area (Å²) >= 11 is 3.72. The number of alkyl halides is 1. The molecule has 0 bridgehead atoms. The maximum Gasteiger partial charge on any atom is 0.123 e. The van der Waals surface area contributed by atoms with E-state index in [0.29, 0.717) is 0 Å². The van der Waals surface area contributed by atoms with Crippen molar-refractivity contribution in [2.24, 2.45) is 0 Å². The summed E-state index contributed by atoms with van der Waals surface area (Å²) in [5.41, 5.74) is 5.55. The van der Waals surface area contributed by atoms with Gasteiger partial charge in [0, 0.05) is 0 Å². The molecule has 0 saturated carbocycles. The Morgan fingerprint density at radius 3 is 1.94 bits per heavy atom. The van der Waals surface area contributed by atoms with Gasteiger partial charge in [-0.25, -0.2) is 4.39 Å². The molecule has 0 heterocycles. The van der Waals surface area contributed by atoms with Crippen molar-refractivity contribution in [2.75, 3.05) is 0 Å². The molecule has 0 saturated heterocycles. The van der Waals surface area contributed by atoms with Crippen LogP contribution in [0.3, 0.4) is 0 Å². The zero-order valence-electron chi connectivity index (χ0n) is 10.8. The summed E-state index contributed by atoms with van der Waals surface area (Å²) in [5, 5.41) is 0. The average molecular weight is 307 g/mol. The van der Waals surface area contributed by atoms with E-state index >= 15 is 0 Å². The fourth-order valence-corrected chi connectivity index (χ4v) is 3.25. The Morgan fingerprint density at radius 2 is 1.44 bits per heavy atom. The lowest BCUT2D eigenvalue weighted by molar-refractivity contribution is 0.624. The summed E-state index contributed by atoms with van der Waals surface area (Å²) in [6, 6.07) is 11.6. The lowest BCUT2D eigenvalue weighted by Crippen LogP contribution is -2.00. The van der Waals surface area contributed by atoms with Crippen LogP contribution in [0.25, 0.3) is 0 Å². The normalized spacial score (nSPS) is 12.5. The molecule has 0 nitrogen and oxygen atoms in total. The quantitative estimate of drug-likeness (QED) is 0.666. The monoisotopic (exact) mass is 306 g/mol. The molecule has 0 N–H and O–H groups in total. The van der Waals surface area contributed by atoms with Crippen molar-refractivity contribution in [1.29, 1.82) is 0 Å². The molecule has 0 aromatic heterocycles. The standard InChI is InChI=1S/C16H16BrF/c1-10-4-6-13(7-5-10)16(17)15-11(2)8-14(18)9-12(15)3/h4-9,16H,1-3H3. The molecule has 0 aliphatic heterocycles. The Labute approximate surface area is 116 Å². The number of rotatable bonds is 2. The average Bonchev–Trinajstić information content (AvgIpc) is 2.28. The predicted octanol–water partition coefficient (Wildman–Crippen LogP) is 5.24. The molecular weight excluding hydrogens is 291 g/mol. The molecule has 2 aromatic rings. The molecule has 94 valence electrons. The number of benzene rings is 2. The van der Waals surface area contributed by atoms with Crippen LogP contribution in [0.4, 0.5) is 4.39 Å². The third-order valence-electron chi connectivity index (χ3n) is 3.18. The molecule has 1 atom stereocenters. The van der Waals surface area contributed by atoms with Crippen molar-refractivity contribution in [2.45, 2.75) is 25.6 Å². The van der Waals surface area contributed by atoms with Crippen molar-refractivity contribution < 1.29 is 4.39 Å². The third-order valence-corrected chi connectivity index (χ3v) is 4.17. The zero-order valence-corrected chi connectivity index (χ0v) is 12.4. The van der Waals surface area contributed by atoms with Crippen LogP contribution in [0.1, 0.15) is 32.6 Å². The Morgan fingerprint density at radius 1 is 0.944 bits per heavy atom.